The van der Waals surface area contributed by atoms with Crippen molar-refractivity contribution in [3.8, 4) is 0 Å². The lowest BCUT2D eigenvalue weighted by Gasteiger charge is -2.09. The second-order valence-electron chi connectivity index (χ2n) is 5.00. The van der Waals surface area contributed by atoms with E-state index in [1.165, 1.54) is 0 Å². The molecule has 0 unspecified atom stereocenters. The number of benzene rings is 2. The van der Waals surface area contributed by atoms with Gasteiger partial charge in [-0.05, 0) is 24.6 Å². The van der Waals surface area contributed by atoms with Crippen LogP contribution < -0.4 is 5.56 Å². The highest BCUT2D eigenvalue weighted by molar-refractivity contribution is 5.86. The highest BCUT2D eigenvalue weighted by Gasteiger charge is 2.11. The Kier molecular flexibility index (Phi) is 6.23. The molecule has 0 aliphatic heterocycles. The summed E-state index contributed by atoms with van der Waals surface area (Å²) in [5, 5.41) is 1.62. The van der Waals surface area contributed by atoms with Gasteiger partial charge in [-0.15, -0.1) is 0 Å². The monoisotopic (exact) mass is 335 g/mol. The summed E-state index contributed by atoms with van der Waals surface area (Å²) in [6, 6.07) is 15.2. The zero-order valence-electron chi connectivity index (χ0n) is 15.6. The third-order valence-electron chi connectivity index (χ3n) is 3.78. The average Bonchev–Trinajstić information content (AvgIpc) is 2.70. The standard InChI is InChI=1S/C17H13N3O.2C2H6/c1-2-13-11-7-4-6-10-15(11)20-16(21)12-8-3-5-9-14(12)19-17(20)18-13;2*1-2/h3-10H,2H2,1H3;2*1-2H3. The molecule has 4 nitrogen and oxygen atoms in total. The smallest absolute Gasteiger partial charge is 0.267 e. The minimum atomic E-state index is -0.0676. The molecule has 130 valence electrons. The van der Waals surface area contributed by atoms with Gasteiger partial charge in [0, 0.05) is 5.39 Å². The molecule has 0 fully saturated rings. The van der Waals surface area contributed by atoms with Gasteiger partial charge >= 0.3 is 0 Å². The predicted molar refractivity (Wildman–Crippen MR) is 106 cm³/mol. The van der Waals surface area contributed by atoms with Gasteiger partial charge in [0.1, 0.15) is 0 Å². The molecule has 4 rings (SSSR count). The van der Waals surface area contributed by atoms with Crippen molar-refractivity contribution >= 4 is 27.6 Å². The number of aromatic nitrogens is 3. The molecule has 0 amide bonds. The molecule has 2 aromatic carbocycles. The van der Waals surface area contributed by atoms with Crippen molar-refractivity contribution in [3.63, 3.8) is 0 Å². The molecule has 0 bridgehead atoms. The Bertz CT molecular complexity index is 1050. The molecule has 2 aromatic heterocycles. The van der Waals surface area contributed by atoms with Gasteiger partial charge in [-0.3, -0.25) is 4.79 Å². The van der Waals surface area contributed by atoms with E-state index in [1.54, 1.807) is 10.5 Å². The van der Waals surface area contributed by atoms with Crippen LogP contribution in [0.4, 0.5) is 0 Å². The van der Waals surface area contributed by atoms with Crippen molar-refractivity contribution in [2.75, 3.05) is 0 Å². The van der Waals surface area contributed by atoms with Crippen LogP contribution in [0.15, 0.2) is 53.3 Å². The van der Waals surface area contributed by atoms with E-state index in [4.69, 9.17) is 0 Å². The van der Waals surface area contributed by atoms with Crippen LogP contribution in [0.25, 0.3) is 27.6 Å². The number of para-hydroxylation sites is 2. The first-order valence-electron chi connectivity index (χ1n) is 8.98. The van der Waals surface area contributed by atoms with Crippen LogP contribution in [-0.2, 0) is 6.42 Å². The van der Waals surface area contributed by atoms with Gasteiger partial charge in [-0.25, -0.2) is 14.4 Å². The molecule has 0 saturated carbocycles. The Balaban J connectivity index is 0.000000528. The fourth-order valence-electron chi connectivity index (χ4n) is 2.78. The summed E-state index contributed by atoms with van der Waals surface area (Å²) in [7, 11) is 0. The fraction of sp³-hybridized carbons (Fsp3) is 0.286. The van der Waals surface area contributed by atoms with E-state index in [0.29, 0.717) is 16.7 Å². The van der Waals surface area contributed by atoms with E-state index in [0.717, 1.165) is 23.0 Å². The van der Waals surface area contributed by atoms with Crippen LogP contribution in [0.1, 0.15) is 40.3 Å². The minimum absolute atomic E-state index is 0.0676. The molecule has 0 aliphatic carbocycles. The topological polar surface area (TPSA) is 47.3 Å². The zero-order chi connectivity index (χ0) is 18.4. The molecule has 4 heteroatoms. The molecular weight excluding hydrogens is 310 g/mol. The van der Waals surface area contributed by atoms with E-state index in [9.17, 15) is 4.79 Å². The molecule has 0 radical (unpaired) electrons. The molecule has 0 N–H and O–H groups in total. The van der Waals surface area contributed by atoms with E-state index in [2.05, 4.69) is 16.9 Å². The summed E-state index contributed by atoms with van der Waals surface area (Å²) in [6.45, 7) is 10.1. The van der Waals surface area contributed by atoms with Crippen LogP contribution in [0.2, 0.25) is 0 Å². The molecule has 0 saturated heterocycles. The number of rotatable bonds is 1. The van der Waals surface area contributed by atoms with Crippen molar-refractivity contribution in [3.05, 3.63) is 64.6 Å². The van der Waals surface area contributed by atoms with E-state index in [-0.39, 0.29) is 5.56 Å². The highest BCUT2D eigenvalue weighted by Crippen LogP contribution is 2.19. The third-order valence-corrected chi connectivity index (χ3v) is 3.78. The third kappa shape index (κ3) is 3.25. The Morgan fingerprint density at radius 1 is 0.840 bits per heavy atom. The van der Waals surface area contributed by atoms with Gasteiger partial charge in [0.05, 0.1) is 22.1 Å². The summed E-state index contributed by atoms with van der Waals surface area (Å²) < 4.78 is 1.61. The van der Waals surface area contributed by atoms with Gasteiger partial charge < -0.3 is 0 Å². The van der Waals surface area contributed by atoms with Crippen LogP contribution in [0.3, 0.4) is 0 Å². The SMILES string of the molecule is CC.CC.CCc1nc2nc3ccccc3c(=O)n2c2ccccc12. The first-order chi connectivity index (χ1) is 12.3. The fourth-order valence-corrected chi connectivity index (χ4v) is 2.78. The first kappa shape index (κ1) is 18.6. The number of nitrogens with zero attached hydrogens (tertiary/aromatic N) is 3. The van der Waals surface area contributed by atoms with Crippen molar-refractivity contribution in [1.82, 2.24) is 14.4 Å². The van der Waals surface area contributed by atoms with Crippen molar-refractivity contribution in [2.45, 2.75) is 41.0 Å². The second kappa shape index (κ2) is 8.38. The lowest BCUT2D eigenvalue weighted by Crippen LogP contribution is -2.18. The number of hydrogen-bond acceptors (Lipinski definition) is 3. The molecular formula is C21H25N3O. The lowest BCUT2D eigenvalue weighted by molar-refractivity contribution is 0.998. The predicted octanol–water partition coefficient (Wildman–Crippen LogP) is 5.01. The summed E-state index contributed by atoms with van der Waals surface area (Å²) in [5.41, 5.74) is 2.45. The highest BCUT2D eigenvalue weighted by atomic mass is 16.1. The van der Waals surface area contributed by atoms with E-state index < -0.39 is 0 Å². The minimum Gasteiger partial charge on any atom is -0.268 e. The quantitative estimate of drug-likeness (QED) is 0.363. The molecule has 0 spiro atoms. The maximum Gasteiger partial charge on any atom is 0.267 e. The number of hydrogen-bond donors (Lipinski definition) is 0. The molecule has 25 heavy (non-hydrogen) atoms. The lowest BCUT2D eigenvalue weighted by atomic mass is 10.1. The molecule has 0 atom stereocenters. The second-order valence-corrected chi connectivity index (χ2v) is 5.00. The van der Waals surface area contributed by atoms with Gasteiger partial charge in [0.2, 0.25) is 5.78 Å². The van der Waals surface area contributed by atoms with Crippen molar-refractivity contribution in [2.24, 2.45) is 0 Å². The first-order valence-corrected chi connectivity index (χ1v) is 8.98. The van der Waals surface area contributed by atoms with E-state index >= 15 is 0 Å². The van der Waals surface area contributed by atoms with Crippen LogP contribution in [0, 0.1) is 0 Å². The van der Waals surface area contributed by atoms with Gasteiger partial charge in [-0.2, -0.15) is 0 Å². The largest absolute Gasteiger partial charge is 0.268 e. The van der Waals surface area contributed by atoms with Crippen LogP contribution in [-0.4, -0.2) is 14.4 Å². The summed E-state index contributed by atoms with van der Waals surface area (Å²) in [6.07, 6.45) is 0.805. The maximum atomic E-state index is 12.8. The van der Waals surface area contributed by atoms with Crippen LogP contribution in [0.5, 0.6) is 0 Å². The van der Waals surface area contributed by atoms with Crippen molar-refractivity contribution in [1.29, 1.82) is 0 Å². The molecule has 0 aliphatic rings. The Labute approximate surface area is 148 Å². The summed E-state index contributed by atoms with van der Waals surface area (Å²) in [4.78, 5) is 21.9. The van der Waals surface area contributed by atoms with Crippen molar-refractivity contribution < 1.29 is 0 Å². The summed E-state index contributed by atoms with van der Waals surface area (Å²) in [5.74, 6) is 0.467. The number of fused-ring (bicyclic) bond motifs is 4. The Morgan fingerprint density at radius 3 is 2.12 bits per heavy atom. The normalized spacial score (nSPS) is 10.1. The summed E-state index contributed by atoms with van der Waals surface area (Å²) >= 11 is 0. The Hall–Kier alpha value is -2.75. The number of aryl methyl sites for hydroxylation is 1. The van der Waals surface area contributed by atoms with Gasteiger partial charge in [-0.1, -0.05) is 65.0 Å². The molecule has 2 heterocycles. The van der Waals surface area contributed by atoms with E-state index in [1.807, 2.05) is 70.2 Å². The zero-order valence-corrected chi connectivity index (χ0v) is 15.6. The molecule has 4 aromatic rings. The van der Waals surface area contributed by atoms with Gasteiger partial charge in [0.25, 0.3) is 5.56 Å². The van der Waals surface area contributed by atoms with Crippen LogP contribution >= 0.6 is 0 Å². The Morgan fingerprint density at radius 2 is 1.44 bits per heavy atom. The average molecular weight is 335 g/mol. The maximum absolute atomic E-state index is 12.8. The van der Waals surface area contributed by atoms with Gasteiger partial charge in [0.15, 0.2) is 0 Å².